The topological polar surface area (TPSA) is 110 Å². The Labute approximate surface area is 208 Å². The van der Waals surface area contributed by atoms with E-state index >= 15 is 0 Å². The summed E-state index contributed by atoms with van der Waals surface area (Å²) in [4.78, 5) is 21.6. The molecular formula is C24H26N6O3S2. The molecule has 4 aromatic rings. The fourth-order valence-corrected chi connectivity index (χ4v) is 5.87. The Balaban J connectivity index is 1.50. The molecule has 0 aliphatic carbocycles. The quantitative estimate of drug-likeness (QED) is 0.269. The van der Waals surface area contributed by atoms with Gasteiger partial charge in [-0.05, 0) is 36.8 Å². The van der Waals surface area contributed by atoms with Crippen molar-refractivity contribution in [3.8, 4) is 5.69 Å². The van der Waals surface area contributed by atoms with Gasteiger partial charge in [0.15, 0.2) is 5.65 Å². The molecule has 2 heterocycles. The molecule has 2 aromatic heterocycles. The summed E-state index contributed by atoms with van der Waals surface area (Å²) in [7, 11) is -3.63. The summed E-state index contributed by atoms with van der Waals surface area (Å²) in [6, 6.07) is 14.4. The molecule has 0 aliphatic rings. The Morgan fingerprint density at radius 2 is 1.83 bits per heavy atom. The first-order valence-electron chi connectivity index (χ1n) is 11.1. The molecule has 4 rings (SSSR count). The number of hydrogen-bond donors (Lipinski definition) is 1. The Bertz CT molecular complexity index is 1450. The van der Waals surface area contributed by atoms with E-state index < -0.39 is 10.0 Å². The first kappa shape index (κ1) is 24.8. The van der Waals surface area contributed by atoms with Crippen LogP contribution in [0.4, 0.5) is 5.69 Å². The SMILES string of the molecule is CCN(CC)S(=O)(=O)c1ccc(C)c(NC(=O)CSc2ncnc3c2cnn3-c2ccccc2)c1. The lowest BCUT2D eigenvalue weighted by Gasteiger charge is -2.19. The molecule has 0 aliphatic heterocycles. The zero-order chi connectivity index (χ0) is 25.0. The van der Waals surface area contributed by atoms with Crippen LogP contribution in [0.5, 0.6) is 0 Å². The van der Waals surface area contributed by atoms with Gasteiger partial charge in [0.25, 0.3) is 0 Å². The number of carbonyl (C=O) groups excluding carboxylic acids is 1. The largest absolute Gasteiger partial charge is 0.325 e. The van der Waals surface area contributed by atoms with Crippen LogP contribution in [0, 0.1) is 6.92 Å². The second-order valence-electron chi connectivity index (χ2n) is 7.71. The minimum atomic E-state index is -3.63. The van der Waals surface area contributed by atoms with E-state index in [1.807, 2.05) is 37.3 Å². The summed E-state index contributed by atoms with van der Waals surface area (Å²) in [5.41, 5.74) is 2.77. The minimum absolute atomic E-state index is 0.0924. The third-order valence-corrected chi connectivity index (χ3v) is 8.55. The van der Waals surface area contributed by atoms with Crippen LogP contribution in [0.1, 0.15) is 19.4 Å². The van der Waals surface area contributed by atoms with Gasteiger partial charge in [-0.25, -0.2) is 23.1 Å². The van der Waals surface area contributed by atoms with Crippen molar-refractivity contribution in [3.63, 3.8) is 0 Å². The number of benzene rings is 2. The maximum absolute atomic E-state index is 12.9. The fraction of sp³-hybridized carbons (Fsp3) is 0.250. The molecule has 0 atom stereocenters. The predicted octanol–water partition coefficient (Wildman–Crippen LogP) is 3.89. The van der Waals surface area contributed by atoms with Crippen LogP contribution in [-0.2, 0) is 14.8 Å². The third kappa shape index (κ3) is 5.21. The molecule has 0 fully saturated rings. The van der Waals surface area contributed by atoms with Gasteiger partial charge in [-0.2, -0.15) is 9.40 Å². The van der Waals surface area contributed by atoms with E-state index in [4.69, 9.17) is 0 Å². The lowest BCUT2D eigenvalue weighted by Crippen LogP contribution is -2.30. The summed E-state index contributed by atoms with van der Waals surface area (Å²) in [5.74, 6) is -0.174. The van der Waals surface area contributed by atoms with Crippen molar-refractivity contribution in [2.75, 3.05) is 24.2 Å². The van der Waals surface area contributed by atoms with E-state index in [9.17, 15) is 13.2 Å². The number of aryl methyl sites for hydroxylation is 1. The van der Waals surface area contributed by atoms with Crippen molar-refractivity contribution in [3.05, 3.63) is 66.6 Å². The van der Waals surface area contributed by atoms with Crippen LogP contribution < -0.4 is 5.32 Å². The van der Waals surface area contributed by atoms with E-state index in [1.165, 1.54) is 28.5 Å². The summed E-state index contributed by atoms with van der Waals surface area (Å²) in [5, 5.41) is 8.66. The zero-order valence-corrected chi connectivity index (χ0v) is 21.3. The van der Waals surface area contributed by atoms with Gasteiger partial charge in [-0.1, -0.05) is 49.9 Å². The van der Waals surface area contributed by atoms with E-state index in [0.717, 1.165) is 16.6 Å². The van der Waals surface area contributed by atoms with Crippen molar-refractivity contribution < 1.29 is 13.2 Å². The lowest BCUT2D eigenvalue weighted by atomic mass is 10.2. The van der Waals surface area contributed by atoms with E-state index in [1.54, 1.807) is 36.9 Å². The number of carbonyl (C=O) groups is 1. The maximum Gasteiger partial charge on any atom is 0.243 e. The number of amides is 1. The van der Waals surface area contributed by atoms with Crippen molar-refractivity contribution in [2.24, 2.45) is 0 Å². The van der Waals surface area contributed by atoms with Crippen LogP contribution in [0.25, 0.3) is 16.7 Å². The van der Waals surface area contributed by atoms with Crippen molar-refractivity contribution in [1.82, 2.24) is 24.1 Å². The predicted molar refractivity (Wildman–Crippen MR) is 137 cm³/mol. The first-order chi connectivity index (χ1) is 16.8. The number of thioether (sulfide) groups is 1. The van der Waals surface area contributed by atoms with Gasteiger partial charge in [-0.3, -0.25) is 4.79 Å². The van der Waals surface area contributed by atoms with Gasteiger partial charge in [0, 0.05) is 18.8 Å². The highest BCUT2D eigenvalue weighted by molar-refractivity contribution is 8.00. The summed E-state index contributed by atoms with van der Waals surface area (Å²) in [6.07, 6.45) is 3.14. The maximum atomic E-state index is 12.9. The Hall–Kier alpha value is -3.28. The highest BCUT2D eigenvalue weighted by Gasteiger charge is 2.22. The molecule has 9 nitrogen and oxygen atoms in total. The Morgan fingerprint density at radius 3 is 2.54 bits per heavy atom. The van der Waals surface area contributed by atoms with Gasteiger partial charge in [0.2, 0.25) is 15.9 Å². The highest BCUT2D eigenvalue weighted by Crippen LogP contribution is 2.27. The molecule has 1 N–H and O–H groups in total. The lowest BCUT2D eigenvalue weighted by molar-refractivity contribution is -0.113. The average Bonchev–Trinajstić information content (AvgIpc) is 3.30. The number of fused-ring (bicyclic) bond motifs is 1. The van der Waals surface area contributed by atoms with Crippen molar-refractivity contribution in [1.29, 1.82) is 0 Å². The van der Waals surface area contributed by atoms with Crippen LogP contribution in [0.2, 0.25) is 0 Å². The normalized spacial score (nSPS) is 11.8. The van der Waals surface area contributed by atoms with Crippen molar-refractivity contribution in [2.45, 2.75) is 30.7 Å². The third-order valence-electron chi connectivity index (χ3n) is 5.50. The number of rotatable bonds is 9. The molecule has 0 bridgehead atoms. The molecule has 182 valence electrons. The van der Waals surface area contributed by atoms with Gasteiger partial charge in [0.05, 0.1) is 27.9 Å². The average molecular weight is 511 g/mol. The van der Waals surface area contributed by atoms with Gasteiger partial charge < -0.3 is 5.32 Å². The Morgan fingerprint density at radius 1 is 1.09 bits per heavy atom. The van der Waals surface area contributed by atoms with Gasteiger partial charge >= 0.3 is 0 Å². The molecule has 0 spiro atoms. The van der Waals surface area contributed by atoms with E-state index in [-0.39, 0.29) is 16.6 Å². The Kier molecular flexibility index (Phi) is 7.48. The van der Waals surface area contributed by atoms with Crippen molar-refractivity contribution >= 4 is 44.4 Å². The number of anilines is 1. The molecule has 1 amide bonds. The summed E-state index contributed by atoms with van der Waals surface area (Å²) < 4.78 is 28.9. The fourth-order valence-electron chi connectivity index (χ4n) is 3.62. The van der Waals surface area contributed by atoms with Crippen LogP contribution in [-0.4, -0.2) is 57.2 Å². The van der Waals surface area contributed by atoms with Gasteiger partial charge in [0.1, 0.15) is 11.4 Å². The first-order valence-corrected chi connectivity index (χ1v) is 13.5. The molecule has 0 radical (unpaired) electrons. The number of aromatic nitrogens is 4. The molecule has 0 saturated carbocycles. The number of sulfonamides is 1. The molecule has 0 saturated heterocycles. The van der Waals surface area contributed by atoms with Crippen LogP contribution in [0.3, 0.4) is 0 Å². The molecule has 0 unspecified atom stereocenters. The molecule has 35 heavy (non-hydrogen) atoms. The molecule has 11 heteroatoms. The molecular weight excluding hydrogens is 484 g/mol. The monoisotopic (exact) mass is 510 g/mol. The summed E-state index contributed by atoms with van der Waals surface area (Å²) in [6.45, 7) is 6.16. The highest BCUT2D eigenvalue weighted by atomic mass is 32.2. The number of hydrogen-bond acceptors (Lipinski definition) is 7. The smallest absolute Gasteiger partial charge is 0.243 e. The standard InChI is InChI=1S/C24H26N6O3S2/c1-4-29(5-2)35(32,33)19-12-11-17(3)21(13-19)28-22(31)15-34-24-20-14-27-30(23(20)25-16-26-24)18-9-7-6-8-10-18/h6-14,16H,4-5,15H2,1-3H3,(H,28,31). The number of para-hydroxylation sites is 1. The number of nitrogens with zero attached hydrogens (tertiary/aromatic N) is 5. The minimum Gasteiger partial charge on any atom is -0.325 e. The van der Waals surface area contributed by atoms with Gasteiger partial charge in [-0.15, -0.1) is 0 Å². The van der Waals surface area contributed by atoms with Crippen LogP contribution >= 0.6 is 11.8 Å². The second kappa shape index (κ2) is 10.5. The van der Waals surface area contributed by atoms with Crippen LogP contribution in [0.15, 0.2) is 71.0 Å². The zero-order valence-electron chi connectivity index (χ0n) is 19.7. The van der Waals surface area contributed by atoms with E-state index in [0.29, 0.717) is 29.5 Å². The molecule has 2 aromatic carbocycles. The second-order valence-corrected chi connectivity index (χ2v) is 10.6. The van der Waals surface area contributed by atoms with E-state index in [2.05, 4.69) is 20.4 Å². The number of nitrogens with one attached hydrogen (secondary N) is 1. The summed E-state index contributed by atoms with van der Waals surface area (Å²) >= 11 is 1.27.